The summed E-state index contributed by atoms with van der Waals surface area (Å²) < 4.78 is 9.18. The van der Waals surface area contributed by atoms with E-state index in [0.717, 1.165) is 77.2 Å². The van der Waals surface area contributed by atoms with Crippen LogP contribution in [0.4, 0.5) is 0 Å². The molecule has 0 amide bonds. The van der Waals surface area contributed by atoms with Crippen LogP contribution in [-0.4, -0.2) is 19.5 Å². The van der Waals surface area contributed by atoms with Gasteiger partial charge in [-0.15, -0.1) is 0 Å². The van der Waals surface area contributed by atoms with E-state index in [4.69, 9.17) is 19.4 Å². The molecule has 278 valence electrons. The summed E-state index contributed by atoms with van der Waals surface area (Å²) in [5, 5.41) is 4.46. The largest absolute Gasteiger partial charge is 0.455 e. The third-order valence-corrected chi connectivity index (χ3v) is 12.3. The Morgan fingerprint density at radius 3 is 1.90 bits per heavy atom. The van der Waals surface area contributed by atoms with Gasteiger partial charge < -0.3 is 8.98 Å². The highest BCUT2D eigenvalue weighted by atomic mass is 16.3. The number of hydrogen-bond donors (Lipinski definition) is 0. The van der Waals surface area contributed by atoms with Gasteiger partial charge in [-0.25, -0.2) is 15.0 Å². The maximum atomic E-state index is 6.80. The predicted octanol–water partition coefficient (Wildman–Crippen LogP) is 13.8. The van der Waals surface area contributed by atoms with Crippen LogP contribution in [0.15, 0.2) is 186 Å². The van der Waals surface area contributed by atoms with Gasteiger partial charge in [0.15, 0.2) is 17.5 Å². The maximum Gasteiger partial charge on any atom is 0.166 e. The van der Waals surface area contributed by atoms with Crippen molar-refractivity contribution in [2.75, 3.05) is 0 Å². The third kappa shape index (κ3) is 5.01. The van der Waals surface area contributed by atoms with E-state index < -0.39 is 0 Å². The molecule has 0 saturated heterocycles. The monoisotopic (exact) mass is 756 g/mol. The highest BCUT2D eigenvalue weighted by Gasteiger charge is 2.35. The molecule has 3 heterocycles. The summed E-state index contributed by atoms with van der Waals surface area (Å²) in [6.45, 7) is 4.61. The Hall–Kier alpha value is -7.63. The summed E-state index contributed by atoms with van der Waals surface area (Å²) in [6.07, 6.45) is 0. The first kappa shape index (κ1) is 33.5. The van der Waals surface area contributed by atoms with Crippen LogP contribution in [0.3, 0.4) is 0 Å². The standard InChI is InChI=1S/C54H36N4O/c1-54(2)43-25-12-9-20-37(43)38-29-28-35(32-44(38)54)52-55-51(34-18-7-4-8-19-34)56-53(57-52)41-22-11-14-27-46(41)58-45-26-13-10-21-39(45)40-30-31-47-48(49(40)58)42-24-15-23-36(50(42)59-47)33-16-5-3-6-17-33/h3-32H,1-2H3. The van der Waals surface area contributed by atoms with Gasteiger partial charge in [0.2, 0.25) is 0 Å². The minimum atomic E-state index is -0.159. The summed E-state index contributed by atoms with van der Waals surface area (Å²) in [6, 6.07) is 64.0. The number of benzene rings is 8. The van der Waals surface area contributed by atoms with Crippen molar-refractivity contribution in [3.05, 3.63) is 193 Å². The Bertz CT molecular complexity index is 3470. The Labute approximate surface area is 340 Å². The van der Waals surface area contributed by atoms with Crippen molar-refractivity contribution in [2.24, 2.45) is 0 Å². The van der Waals surface area contributed by atoms with E-state index in [9.17, 15) is 0 Å². The maximum absolute atomic E-state index is 6.80. The van der Waals surface area contributed by atoms with Crippen LogP contribution in [0, 0.1) is 0 Å². The average Bonchev–Trinajstić information content (AvgIpc) is 3.92. The molecule has 8 aromatic carbocycles. The van der Waals surface area contributed by atoms with E-state index in [1.807, 2.05) is 24.3 Å². The number of furan rings is 1. The van der Waals surface area contributed by atoms with Gasteiger partial charge in [0, 0.05) is 43.8 Å². The second-order valence-electron chi connectivity index (χ2n) is 16.0. The molecule has 12 rings (SSSR count). The molecule has 0 unspecified atom stereocenters. The number of rotatable bonds is 5. The first-order valence-corrected chi connectivity index (χ1v) is 20.1. The van der Waals surface area contributed by atoms with Crippen molar-refractivity contribution in [3.8, 4) is 62.1 Å². The lowest BCUT2D eigenvalue weighted by Crippen LogP contribution is -2.15. The molecule has 59 heavy (non-hydrogen) atoms. The summed E-state index contributed by atoms with van der Waals surface area (Å²) in [7, 11) is 0. The van der Waals surface area contributed by atoms with Crippen molar-refractivity contribution in [3.63, 3.8) is 0 Å². The second-order valence-corrected chi connectivity index (χ2v) is 16.0. The SMILES string of the molecule is CC1(C)c2ccccc2-c2ccc(-c3nc(-c4ccccc4)nc(-c4ccccc4-n4c5ccccc5c5ccc6oc7c(-c8ccccc8)cccc7c6c54)n3)cc21. The van der Waals surface area contributed by atoms with Crippen LogP contribution in [0.25, 0.3) is 106 Å². The molecule has 1 aliphatic carbocycles. The summed E-state index contributed by atoms with van der Waals surface area (Å²) in [5.41, 5.74) is 14.9. The quantitative estimate of drug-likeness (QED) is 0.175. The second kappa shape index (κ2) is 12.7. The molecule has 0 spiro atoms. The van der Waals surface area contributed by atoms with E-state index >= 15 is 0 Å². The Balaban J connectivity index is 1.12. The van der Waals surface area contributed by atoms with E-state index in [-0.39, 0.29) is 5.41 Å². The first-order valence-electron chi connectivity index (χ1n) is 20.1. The van der Waals surface area contributed by atoms with Crippen molar-refractivity contribution in [1.82, 2.24) is 19.5 Å². The third-order valence-electron chi connectivity index (χ3n) is 12.3. The van der Waals surface area contributed by atoms with Gasteiger partial charge in [-0.1, -0.05) is 159 Å². The van der Waals surface area contributed by atoms with E-state index in [2.05, 4.69) is 176 Å². The van der Waals surface area contributed by atoms with Crippen molar-refractivity contribution in [2.45, 2.75) is 19.3 Å². The van der Waals surface area contributed by atoms with Gasteiger partial charge >= 0.3 is 0 Å². The highest BCUT2D eigenvalue weighted by molar-refractivity contribution is 6.25. The number of nitrogens with zero attached hydrogens (tertiary/aromatic N) is 4. The minimum absolute atomic E-state index is 0.159. The zero-order chi connectivity index (χ0) is 39.2. The molecule has 0 atom stereocenters. The molecule has 5 nitrogen and oxygen atoms in total. The molecule has 0 radical (unpaired) electrons. The van der Waals surface area contributed by atoms with Crippen LogP contribution >= 0.6 is 0 Å². The van der Waals surface area contributed by atoms with Gasteiger partial charge in [-0.05, 0) is 64.2 Å². The predicted molar refractivity (Wildman–Crippen MR) is 241 cm³/mol. The molecular weight excluding hydrogens is 721 g/mol. The van der Waals surface area contributed by atoms with Crippen molar-refractivity contribution >= 4 is 43.7 Å². The van der Waals surface area contributed by atoms with Crippen LogP contribution in [-0.2, 0) is 5.41 Å². The lowest BCUT2D eigenvalue weighted by molar-refractivity contribution is 0.660. The molecule has 0 saturated carbocycles. The van der Waals surface area contributed by atoms with Gasteiger partial charge in [0.1, 0.15) is 11.2 Å². The fraction of sp³-hybridized carbons (Fsp3) is 0.0556. The molecule has 3 aromatic heterocycles. The molecular formula is C54H36N4O. The molecule has 1 aliphatic rings. The van der Waals surface area contributed by atoms with Crippen molar-refractivity contribution in [1.29, 1.82) is 0 Å². The Kier molecular flexibility index (Phi) is 7.20. The Morgan fingerprint density at radius 2 is 1.07 bits per heavy atom. The van der Waals surface area contributed by atoms with Crippen LogP contribution in [0.1, 0.15) is 25.0 Å². The Morgan fingerprint density at radius 1 is 0.441 bits per heavy atom. The molecule has 11 aromatic rings. The summed E-state index contributed by atoms with van der Waals surface area (Å²) in [4.78, 5) is 15.8. The lowest BCUT2D eigenvalue weighted by atomic mass is 9.82. The smallest absolute Gasteiger partial charge is 0.166 e. The van der Waals surface area contributed by atoms with Gasteiger partial charge in [0.05, 0.1) is 22.1 Å². The van der Waals surface area contributed by atoms with Crippen molar-refractivity contribution < 1.29 is 4.42 Å². The minimum Gasteiger partial charge on any atom is -0.455 e. The van der Waals surface area contributed by atoms with Gasteiger partial charge in [0.25, 0.3) is 0 Å². The number of hydrogen-bond acceptors (Lipinski definition) is 4. The molecule has 0 N–H and O–H groups in total. The fourth-order valence-electron chi connectivity index (χ4n) is 9.48. The molecule has 0 fully saturated rings. The van der Waals surface area contributed by atoms with Gasteiger partial charge in [-0.2, -0.15) is 0 Å². The van der Waals surface area contributed by atoms with Crippen LogP contribution in [0.2, 0.25) is 0 Å². The van der Waals surface area contributed by atoms with E-state index in [1.54, 1.807) is 0 Å². The normalized spacial score (nSPS) is 13.1. The molecule has 0 aliphatic heterocycles. The average molecular weight is 757 g/mol. The fourth-order valence-corrected chi connectivity index (χ4v) is 9.48. The first-order chi connectivity index (χ1) is 29.0. The van der Waals surface area contributed by atoms with Crippen LogP contribution in [0.5, 0.6) is 0 Å². The number of aromatic nitrogens is 4. The molecule has 5 heteroatoms. The zero-order valence-electron chi connectivity index (χ0n) is 32.5. The van der Waals surface area contributed by atoms with E-state index in [0.29, 0.717) is 17.5 Å². The zero-order valence-corrected chi connectivity index (χ0v) is 32.5. The molecule has 0 bridgehead atoms. The van der Waals surface area contributed by atoms with E-state index in [1.165, 1.54) is 22.3 Å². The lowest BCUT2D eigenvalue weighted by Gasteiger charge is -2.21. The van der Waals surface area contributed by atoms with Gasteiger partial charge in [-0.3, -0.25) is 0 Å². The number of fused-ring (bicyclic) bond motifs is 10. The highest BCUT2D eigenvalue weighted by Crippen LogP contribution is 2.50. The topological polar surface area (TPSA) is 56.7 Å². The van der Waals surface area contributed by atoms with Crippen LogP contribution < -0.4 is 0 Å². The number of para-hydroxylation sites is 3. The summed E-state index contributed by atoms with van der Waals surface area (Å²) in [5.74, 6) is 1.87. The summed E-state index contributed by atoms with van der Waals surface area (Å²) >= 11 is 0.